The summed E-state index contributed by atoms with van der Waals surface area (Å²) in [5, 5.41) is 6.15. The van der Waals surface area contributed by atoms with Crippen molar-refractivity contribution in [2.24, 2.45) is 10.4 Å². The van der Waals surface area contributed by atoms with Gasteiger partial charge in [-0.05, 0) is 25.7 Å². The first-order valence-electron chi connectivity index (χ1n) is 7.09. The lowest BCUT2D eigenvalue weighted by Gasteiger charge is -2.23. The zero-order valence-electron chi connectivity index (χ0n) is 12.9. The van der Waals surface area contributed by atoms with Gasteiger partial charge in [0.25, 0.3) is 0 Å². The number of nitrogens with one attached hydrogen (secondary N) is 2. The Morgan fingerprint density at radius 3 is 2.58 bits per heavy atom. The Bertz CT molecular complexity index is 336. The summed E-state index contributed by atoms with van der Waals surface area (Å²) in [6.45, 7) is 11.2. The van der Waals surface area contributed by atoms with Crippen LogP contribution in [0.5, 0.6) is 0 Å². The number of rotatable bonds is 4. The summed E-state index contributed by atoms with van der Waals surface area (Å²) in [7, 11) is 1.79. The molecular weight excluding hydrogens is 240 g/mol. The minimum absolute atomic E-state index is 0.0831. The third-order valence-electron chi connectivity index (χ3n) is 3.27. The molecule has 1 amide bonds. The Hall–Kier alpha value is -1.26. The van der Waals surface area contributed by atoms with Gasteiger partial charge in [-0.3, -0.25) is 9.79 Å². The zero-order valence-corrected chi connectivity index (χ0v) is 12.9. The number of amides is 1. The third-order valence-corrected chi connectivity index (χ3v) is 3.27. The smallest absolute Gasteiger partial charge is 0.221 e. The predicted octanol–water partition coefficient (Wildman–Crippen LogP) is 1.21. The zero-order chi connectivity index (χ0) is 14.5. The average Bonchev–Trinajstić information content (AvgIpc) is 2.64. The van der Waals surface area contributed by atoms with Crippen molar-refractivity contribution in [3.8, 4) is 0 Å². The molecule has 0 bridgehead atoms. The highest BCUT2D eigenvalue weighted by Crippen LogP contribution is 2.28. The van der Waals surface area contributed by atoms with Gasteiger partial charge in [0.1, 0.15) is 0 Å². The molecule has 0 radical (unpaired) electrons. The lowest BCUT2D eigenvalue weighted by Crippen LogP contribution is -2.42. The molecule has 1 rings (SSSR count). The molecule has 0 aliphatic carbocycles. The maximum atomic E-state index is 11.5. The molecule has 0 aromatic heterocycles. The van der Waals surface area contributed by atoms with Gasteiger partial charge in [0, 0.05) is 39.1 Å². The molecule has 5 heteroatoms. The Balaban J connectivity index is 2.33. The first-order valence-corrected chi connectivity index (χ1v) is 7.09. The number of likely N-dealkylation sites (tertiary alicyclic amines) is 1. The second-order valence-electron chi connectivity index (χ2n) is 6.28. The van der Waals surface area contributed by atoms with E-state index in [2.05, 4.69) is 34.4 Å². The molecule has 0 spiro atoms. The van der Waals surface area contributed by atoms with Crippen LogP contribution in [0.3, 0.4) is 0 Å². The summed E-state index contributed by atoms with van der Waals surface area (Å²) >= 11 is 0. The Kier molecular flexibility index (Phi) is 5.63. The van der Waals surface area contributed by atoms with Crippen molar-refractivity contribution < 1.29 is 4.79 Å². The fourth-order valence-electron chi connectivity index (χ4n) is 2.31. The number of aliphatic imine (C=N–C) groups is 1. The monoisotopic (exact) mass is 268 g/mol. The molecule has 5 nitrogen and oxygen atoms in total. The standard InChI is InChI=1S/C14H28N4O/c1-11(2)17-12(19)6-8-16-13(15-5)18-9-7-14(3,4)10-18/h11H,6-10H2,1-5H3,(H,15,16)(H,17,19). The van der Waals surface area contributed by atoms with Gasteiger partial charge in [0.2, 0.25) is 5.91 Å². The maximum Gasteiger partial charge on any atom is 0.221 e. The molecule has 0 aromatic carbocycles. The van der Waals surface area contributed by atoms with Gasteiger partial charge >= 0.3 is 0 Å². The van der Waals surface area contributed by atoms with E-state index in [1.54, 1.807) is 7.05 Å². The summed E-state index contributed by atoms with van der Waals surface area (Å²) in [6.07, 6.45) is 1.66. The summed E-state index contributed by atoms with van der Waals surface area (Å²) in [5.74, 6) is 0.989. The fraction of sp³-hybridized carbons (Fsp3) is 0.857. The minimum Gasteiger partial charge on any atom is -0.356 e. The first-order chi connectivity index (χ1) is 8.84. The van der Waals surface area contributed by atoms with E-state index in [-0.39, 0.29) is 11.9 Å². The van der Waals surface area contributed by atoms with E-state index in [0.717, 1.165) is 19.0 Å². The lowest BCUT2D eigenvalue weighted by atomic mass is 9.93. The van der Waals surface area contributed by atoms with Crippen molar-refractivity contribution in [1.82, 2.24) is 15.5 Å². The van der Waals surface area contributed by atoms with Crippen LogP contribution in [-0.4, -0.2) is 49.5 Å². The first kappa shape index (κ1) is 15.8. The highest BCUT2D eigenvalue weighted by Gasteiger charge is 2.30. The number of hydrogen-bond donors (Lipinski definition) is 2. The molecule has 1 saturated heterocycles. The van der Waals surface area contributed by atoms with Gasteiger partial charge < -0.3 is 15.5 Å². The van der Waals surface area contributed by atoms with E-state index in [4.69, 9.17) is 0 Å². The minimum atomic E-state index is 0.0831. The van der Waals surface area contributed by atoms with Crippen LogP contribution >= 0.6 is 0 Å². The molecule has 0 unspecified atom stereocenters. The molecule has 1 aliphatic heterocycles. The van der Waals surface area contributed by atoms with Gasteiger partial charge in [0.15, 0.2) is 5.96 Å². The molecule has 1 aliphatic rings. The van der Waals surface area contributed by atoms with E-state index in [0.29, 0.717) is 18.4 Å². The summed E-state index contributed by atoms with van der Waals surface area (Å²) in [4.78, 5) is 18.1. The Labute approximate surface area is 116 Å². The predicted molar refractivity (Wildman–Crippen MR) is 79.2 cm³/mol. The van der Waals surface area contributed by atoms with Crippen LogP contribution in [-0.2, 0) is 4.79 Å². The molecule has 110 valence electrons. The molecule has 0 atom stereocenters. The highest BCUT2D eigenvalue weighted by atomic mass is 16.1. The van der Waals surface area contributed by atoms with Gasteiger partial charge in [-0.25, -0.2) is 0 Å². The quantitative estimate of drug-likeness (QED) is 0.595. The van der Waals surface area contributed by atoms with Crippen LogP contribution in [0, 0.1) is 5.41 Å². The van der Waals surface area contributed by atoms with Gasteiger partial charge in [-0.1, -0.05) is 13.8 Å². The fourth-order valence-corrected chi connectivity index (χ4v) is 2.31. The van der Waals surface area contributed by atoms with Crippen LogP contribution in [0.4, 0.5) is 0 Å². The van der Waals surface area contributed by atoms with E-state index in [1.807, 2.05) is 13.8 Å². The molecule has 0 saturated carbocycles. The molecular formula is C14H28N4O. The Morgan fingerprint density at radius 1 is 1.42 bits per heavy atom. The van der Waals surface area contributed by atoms with Crippen LogP contribution in [0.2, 0.25) is 0 Å². The normalized spacial score (nSPS) is 18.8. The van der Waals surface area contributed by atoms with E-state index in [9.17, 15) is 4.79 Å². The average molecular weight is 268 g/mol. The summed E-state index contributed by atoms with van der Waals surface area (Å²) in [5.41, 5.74) is 0.354. The molecule has 2 N–H and O–H groups in total. The SMILES string of the molecule is CN=C(NCCC(=O)NC(C)C)N1CCC(C)(C)C1. The van der Waals surface area contributed by atoms with Crippen LogP contribution < -0.4 is 10.6 Å². The van der Waals surface area contributed by atoms with Gasteiger partial charge in [-0.15, -0.1) is 0 Å². The van der Waals surface area contributed by atoms with Crippen LogP contribution in [0.15, 0.2) is 4.99 Å². The van der Waals surface area contributed by atoms with Crippen molar-refractivity contribution in [3.05, 3.63) is 0 Å². The number of guanidine groups is 1. The number of nitrogens with zero attached hydrogens (tertiary/aromatic N) is 2. The van der Waals surface area contributed by atoms with E-state index in [1.165, 1.54) is 6.42 Å². The summed E-state index contributed by atoms with van der Waals surface area (Å²) in [6, 6.07) is 0.200. The largest absolute Gasteiger partial charge is 0.356 e. The van der Waals surface area contributed by atoms with Crippen LogP contribution in [0.1, 0.15) is 40.5 Å². The van der Waals surface area contributed by atoms with Crippen LogP contribution in [0.25, 0.3) is 0 Å². The van der Waals surface area contributed by atoms with E-state index >= 15 is 0 Å². The lowest BCUT2D eigenvalue weighted by molar-refractivity contribution is -0.121. The summed E-state index contributed by atoms with van der Waals surface area (Å²) < 4.78 is 0. The molecule has 1 heterocycles. The van der Waals surface area contributed by atoms with Gasteiger partial charge in [0.05, 0.1) is 0 Å². The Morgan fingerprint density at radius 2 is 2.11 bits per heavy atom. The molecule has 1 fully saturated rings. The molecule has 19 heavy (non-hydrogen) atoms. The van der Waals surface area contributed by atoms with Crippen molar-refractivity contribution in [2.45, 2.75) is 46.6 Å². The van der Waals surface area contributed by atoms with E-state index < -0.39 is 0 Å². The van der Waals surface area contributed by atoms with Crippen molar-refractivity contribution in [1.29, 1.82) is 0 Å². The van der Waals surface area contributed by atoms with Crippen molar-refractivity contribution in [2.75, 3.05) is 26.7 Å². The topological polar surface area (TPSA) is 56.7 Å². The molecule has 0 aromatic rings. The highest BCUT2D eigenvalue weighted by molar-refractivity contribution is 5.81. The maximum absolute atomic E-state index is 11.5. The van der Waals surface area contributed by atoms with Crippen molar-refractivity contribution in [3.63, 3.8) is 0 Å². The number of hydrogen-bond acceptors (Lipinski definition) is 2. The number of carbonyl (C=O) groups is 1. The second-order valence-corrected chi connectivity index (χ2v) is 6.28. The van der Waals surface area contributed by atoms with Crippen molar-refractivity contribution >= 4 is 11.9 Å². The van der Waals surface area contributed by atoms with Gasteiger partial charge in [-0.2, -0.15) is 0 Å². The number of carbonyl (C=O) groups excluding carboxylic acids is 1. The second kappa shape index (κ2) is 6.78. The third kappa shape index (κ3) is 5.49.